The van der Waals surface area contributed by atoms with Crippen LogP contribution in [0.2, 0.25) is 0 Å². The van der Waals surface area contributed by atoms with E-state index in [0.717, 1.165) is 17.2 Å². The minimum atomic E-state index is 0.210. The molecule has 0 amide bonds. The Morgan fingerprint density at radius 1 is 1.13 bits per heavy atom. The topological polar surface area (TPSA) is 29.5 Å². The number of phenols is 1. The van der Waals surface area contributed by atoms with Crippen molar-refractivity contribution in [3.63, 3.8) is 0 Å². The molecular weight excluding hydrogens is 188 g/mol. The molecule has 2 nitrogen and oxygen atoms in total. The van der Waals surface area contributed by atoms with Crippen LogP contribution in [0, 0.1) is 0 Å². The summed E-state index contributed by atoms with van der Waals surface area (Å²) < 4.78 is 5.44. The Morgan fingerprint density at radius 2 is 1.80 bits per heavy atom. The predicted molar refractivity (Wildman–Crippen MR) is 61.4 cm³/mol. The summed E-state index contributed by atoms with van der Waals surface area (Å²) in [5.41, 5.74) is 0. The molecule has 2 aromatic carbocycles. The zero-order chi connectivity index (χ0) is 10.7. The summed E-state index contributed by atoms with van der Waals surface area (Å²) in [5.74, 6) is 0.776. The summed E-state index contributed by atoms with van der Waals surface area (Å²) in [6, 6.07) is 11.5. The molecule has 0 unspecified atom stereocenters. The molecule has 15 heavy (non-hydrogen) atoms. The van der Waals surface area contributed by atoms with Crippen LogP contribution in [0.4, 0.5) is 0 Å². The number of fused-ring (bicyclic) bond motifs is 1. The number of hydrogen-bond donors (Lipinski definition) is 1. The summed E-state index contributed by atoms with van der Waals surface area (Å²) >= 11 is 0. The third-order valence-corrected chi connectivity index (χ3v) is 2.29. The molecule has 2 aromatic rings. The molecule has 0 aliphatic carbocycles. The third-order valence-electron chi connectivity index (χ3n) is 2.29. The second-order valence-electron chi connectivity index (χ2n) is 3.52. The monoisotopic (exact) mass is 202 g/mol. The van der Waals surface area contributed by atoms with Gasteiger partial charge in [-0.2, -0.15) is 0 Å². The van der Waals surface area contributed by atoms with E-state index >= 15 is 0 Å². The average molecular weight is 202 g/mol. The van der Waals surface area contributed by atoms with Crippen LogP contribution in [0.25, 0.3) is 10.8 Å². The first-order valence-corrected chi connectivity index (χ1v) is 5.16. The van der Waals surface area contributed by atoms with Gasteiger partial charge in [-0.05, 0) is 29.3 Å². The fourth-order valence-corrected chi connectivity index (χ4v) is 1.54. The second-order valence-corrected chi connectivity index (χ2v) is 3.52. The highest BCUT2D eigenvalue weighted by Gasteiger charge is 2.03. The fraction of sp³-hybridized carbons (Fsp3) is 0.231. The van der Waals surface area contributed by atoms with Crippen molar-refractivity contribution < 1.29 is 9.84 Å². The highest BCUT2D eigenvalue weighted by Crippen LogP contribution is 2.31. The van der Waals surface area contributed by atoms with E-state index in [1.165, 1.54) is 0 Å². The molecule has 0 aromatic heterocycles. The van der Waals surface area contributed by atoms with Crippen LogP contribution >= 0.6 is 0 Å². The van der Waals surface area contributed by atoms with Crippen LogP contribution in [0.1, 0.15) is 13.3 Å². The maximum absolute atomic E-state index is 9.71. The second kappa shape index (κ2) is 4.22. The van der Waals surface area contributed by atoms with Crippen molar-refractivity contribution in [2.45, 2.75) is 13.3 Å². The van der Waals surface area contributed by atoms with Crippen LogP contribution in [-0.4, -0.2) is 11.7 Å². The highest BCUT2D eigenvalue weighted by atomic mass is 16.5. The molecule has 0 bridgehead atoms. The largest absolute Gasteiger partial charge is 0.504 e. The van der Waals surface area contributed by atoms with Gasteiger partial charge >= 0.3 is 0 Å². The van der Waals surface area contributed by atoms with Gasteiger partial charge < -0.3 is 9.84 Å². The molecule has 0 spiro atoms. The van der Waals surface area contributed by atoms with Crippen LogP contribution < -0.4 is 4.74 Å². The molecule has 0 atom stereocenters. The van der Waals surface area contributed by atoms with Crippen LogP contribution in [0.5, 0.6) is 11.5 Å². The lowest BCUT2D eigenvalue weighted by Crippen LogP contribution is -1.95. The number of hydrogen-bond acceptors (Lipinski definition) is 2. The van der Waals surface area contributed by atoms with E-state index < -0.39 is 0 Å². The van der Waals surface area contributed by atoms with Crippen molar-refractivity contribution in [1.29, 1.82) is 0 Å². The molecule has 0 aliphatic rings. The van der Waals surface area contributed by atoms with E-state index in [1.54, 1.807) is 6.07 Å². The van der Waals surface area contributed by atoms with Crippen LogP contribution in [0.15, 0.2) is 36.4 Å². The lowest BCUT2D eigenvalue weighted by molar-refractivity contribution is 0.300. The zero-order valence-electron chi connectivity index (χ0n) is 8.73. The molecule has 2 heteroatoms. The number of ether oxygens (including phenoxy) is 1. The summed E-state index contributed by atoms with van der Waals surface area (Å²) in [5, 5.41) is 11.8. The normalized spacial score (nSPS) is 10.5. The number of benzene rings is 2. The van der Waals surface area contributed by atoms with Gasteiger partial charge in [0, 0.05) is 0 Å². The summed E-state index contributed by atoms with van der Waals surface area (Å²) in [4.78, 5) is 0. The Balaban J connectivity index is 2.43. The summed E-state index contributed by atoms with van der Waals surface area (Å²) in [6.07, 6.45) is 0.937. The average Bonchev–Trinajstić information content (AvgIpc) is 2.26. The van der Waals surface area contributed by atoms with Crippen molar-refractivity contribution in [2.75, 3.05) is 6.61 Å². The summed E-state index contributed by atoms with van der Waals surface area (Å²) in [6.45, 7) is 2.67. The van der Waals surface area contributed by atoms with Crippen LogP contribution in [0.3, 0.4) is 0 Å². The minimum Gasteiger partial charge on any atom is -0.504 e. The first-order chi connectivity index (χ1) is 7.31. The van der Waals surface area contributed by atoms with Gasteiger partial charge in [0.25, 0.3) is 0 Å². The number of phenolic OH excluding ortho intramolecular Hbond substituents is 1. The Kier molecular flexibility index (Phi) is 2.77. The smallest absolute Gasteiger partial charge is 0.161 e. The van der Waals surface area contributed by atoms with Gasteiger partial charge in [0.05, 0.1) is 6.61 Å². The van der Waals surface area contributed by atoms with Crippen molar-refractivity contribution in [2.24, 2.45) is 0 Å². The first kappa shape index (κ1) is 9.84. The lowest BCUT2D eigenvalue weighted by Gasteiger charge is -2.08. The van der Waals surface area contributed by atoms with E-state index in [2.05, 4.69) is 0 Å². The number of aromatic hydroxyl groups is 1. The molecule has 0 saturated heterocycles. The lowest BCUT2D eigenvalue weighted by atomic mass is 10.1. The maximum Gasteiger partial charge on any atom is 0.161 e. The molecular formula is C13H14O2. The number of rotatable bonds is 3. The van der Waals surface area contributed by atoms with E-state index in [-0.39, 0.29) is 5.75 Å². The minimum absolute atomic E-state index is 0.210. The van der Waals surface area contributed by atoms with Gasteiger partial charge in [-0.1, -0.05) is 31.2 Å². The van der Waals surface area contributed by atoms with Crippen molar-refractivity contribution in [3.8, 4) is 11.5 Å². The van der Waals surface area contributed by atoms with Gasteiger partial charge in [-0.3, -0.25) is 0 Å². The molecule has 1 N–H and O–H groups in total. The van der Waals surface area contributed by atoms with Crippen molar-refractivity contribution >= 4 is 10.8 Å². The van der Waals surface area contributed by atoms with E-state index in [0.29, 0.717) is 12.4 Å². The Bertz CT molecular complexity index is 463. The van der Waals surface area contributed by atoms with E-state index in [1.807, 2.05) is 37.3 Å². The van der Waals surface area contributed by atoms with Gasteiger partial charge in [-0.15, -0.1) is 0 Å². The molecule has 2 rings (SSSR count). The van der Waals surface area contributed by atoms with Gasteiger partial charge in [0.2, 0.25) is 0 Å². The van der Waals surface area contributed by atoms with Crippen molar-refractivity contribution in [3.05, 3.63) is 36.4 Å². The Morgan fingerprint density at radius 3 is 2.47 bits per heavy atom. The Hall–Kier alpha value is -1.70. The zero-order valence-corrected chi connectivity index (χ0v) is 8.73. The highest BCUT2D eigenvalue weighted by molar-refractivity contribution is 5.85. The van der Waals surface area contributed by atoms with Gasteiger partial charge in [0.1, 0.15) is 0 Å². The maximum atomic E-state index is 9.71. The molecule has 0 radical (unpaired) electrons. The standard InChI is InChI=1S/C13H14O2/c1-2-7-15-13-9-11-6-4-3-5-10(11)8-12(13)14/h3-6,8-9,14H,2,7H2,1H3. The summed E-state index contributed by atoms with van der Waals surface area (Å²) in [7, 11) is 0. The molecule has 0 saturated carbocycles. The molecule has 78 valence electrons. The molecule has 0 heterocycles. The Labute approximate surface area is 89.1 Å². The third kappa shape index (κ3) is 2.04. The van der Waals surface area contributed by atoms with Gasteiger partial charge in [-0.25, -0.2) is 0 Å². The van der Waals surface area contributed by atoms with Crippen LogP contribution in [-0.2, 0) is 0 Å². The van der Waals surface area contributed by atoms with Crippen molar-refractivity contribution in [1.82, 2.24) is 0 Å². The quantitative estimate of drug-likeness (QED) is 0.827. The van der Waals surface area contributed by atoms with E-state index in [9.17, 15) is 5.11 Å². The SMILES string of the molecule is CCCOc1cc2ccccc2cc1O. The fourth-order valence-electron chi connectivity index (χ4n) is 1.54. The predicted octanol–water partition coefficient (Wildman–Crippen LogP) is 3.33. The van der Waals surface area contributed by atoms with E-state index in [4.69, 9.17) is 4.74 Å². The first-order valence-electron chi connectivity index (χ1n) is 5.16. The van der Waals surface area contributed by atoms with Gasteiger partial charge in [0.15, 0.2) is 11.5 Å². The molecule has 0 aliphatic heterocycles. The molecule has 0 fully saturated rings.